The van der Waals surface area contributed by atoms with Gasteiger partial charge in [-0.1, -0.05) is 13.0 Å². The van der Waals surface area contributed by atoms with E-state index in [9.17, 15) is 0 Å². The first-order chi connectivity index (χ1) is 8.20. The minimum Gasteiger partial charge on any atom is -0.308 e. The largest absolute Gasteiger partial charge is 0.308 e. The highest BCUT2D eigenvalue weighted by molar-refractivity contribution is 6.18. The van der Waals surface area contributed by atoms with Crippen molar-refractivity contribution >= 4 is 17.2 Å². The van der Waals surface area contributed by atoms with Crippen molar-refractivity contribution in [3.63, 3.8) is 0 Å². The molecule has 2 heterocycles. The SMILES string of the molecule is CC(CCl)C(C)NCc1cn2ccccc2n1. The normalized spacial score (nSPS) is 15.0. The van der Waals surface area contributed by atoms with E-state index in [4.69, 9.17) is 11.6 Å². The van der Waals surface area contributed by atoms with Crippen LogP contribution < -0.4 is 5.32 Å². The fourth-order valence-corrected chi connectivity index (χ4v) is 1.94. The van der Waals surface area contributed by atoms with Gasteiger partial charge in [0.05, 0.1) is 5.69 Å². The van der Waals surface area contributed by atoms with E-state index in [0.717, 1.165) is 17.9 Å². The molecule has 4 heteroatoms. The maximum absolute atomic E-state index is 5.83. The van der Waals surface area contributed by atoms with Crippen LogP contribution in [-0.4, -0.2) is 21.3 Å². The second-order valence-electron chi connectivity index (χ2n) is 4.50. The van der Waals surface area contributed by atoms with Gasteiger partial charge in [0.2, 0.25) is 0 Å². The van der Waals surface area contributed by atoms with E-state index in [1.165, 1.54) is 0 Å². The Morgan fingerprint density at radius 1 is 1.41 bits per heavy atom. The van der Waals surface area contributed by atoms with Gasteiger partial charge in [-0.2, -0.15) is 0 Å². The van der Waals surface area contributed by atoms with Gasteiger partial charge in [0.15, 0.2) is 0 Å². The number of alkyl halides is 1. The number of hydrogen-bond donors (Lipinski definition) is 1. The van der Waals surface area contributed by atoms with Gasteiger partial charge in [0.1, 0.15) is 5.65 Å². The number of nitrogens with zero attached hydrogens (tertiary/aromatic N) is 2. The monoisotopic (exact) mass is 251 g/mol. The van der Waals surface area contributed by atoms with Crippen molar-refractivity contribution in [2.75, 3.05) is 5.88 Å². The van der Waals surface area contributed by atoms with Gasteiger partial charge in [0, 0.05) is 30.9 Å². The van der Waals surface area contributed by atoms with Crippen molar-refractivity contribution < 1.29 is 0 Å². The molecule has 92 valence electrons. The first-order valence-corrected chi connectivity index (χ1v) is 6.46. The van der Waals surface area contributed by atoms with E-state index in [-0.39, 0.29) is 0 Å². The molecule has 0 amide bonds. The minimum absolute atomic E-state index is 0.400. The van der Waals surface area contributed by atoms with Crippen LogP contribution in [0.5, 0.6) is 0 Å². The molecule has 2 aromatic heterocycles. The third-order valence-electron chi connectivity index (χ3n) is 3.12. The molecule has 0 bridgehead atoms. The van der Waals surface area contributed by atoms with Gasteiger partial charge in [-0.25, -0.2) is 4.98 Å². The van der Waals surface area contributed by atoms with Crippen LogP contribution in [0.25, 0.3) is 5.65 Å². The standard InChI is InChI=1S/C13H18ClN3/c1-10(7-14)11(2)15-8-12-9-17-6-4-3-5-13(17)16-12/h3-6,9-11,15H,7-8H2,1-2H3. The summed E-state index contributed by atoms with van der Waals surface area (Å²) in [6.07, 6.45) is 4.07. The molecule has 2 rings (SSSR count). The molecule has 0 aliphatic carbocycles. The molecule has 0 radical (unpaired) electrons. The minimum atomic E-state index is 0.400. The lowest BCUT2D eigenvalue weighted by atomic mass is 10.1. The lowest BCUT2D eigenvalue weighted by Gasteiger charge is -2.18. The number of aromatic nitrogens is 2. The van der Waals surface area contributed by atoms with Gasteiger partial charge in [0.25, 0.3) is 0 Å². The Morgan fingerprint density at radius 3 is 2.94 bits per heavy atom. The quantitative estimate of drug-likeness (QED) is 0.828. The van der Waals surface area contributed by atoms with Crippen LogP contribution in [0.3, 0.4) is 0 Å². The summed E-state index contributed by atoms with van der Waals surface area (Å²) in [5.41, 5.74) is 2.05. The van der Waals surface area contributed by atoms with Crippen molar-refractivity contribution in [3.05, 3.63) is 36.3 Å². The number of halogens is 1. The summed E-state index contributed by atoms with van der Waals surface area (Å²) < 4.78 is 2.03. The predicted octanol–water partition coefficient (Wildman–Crippen LogP) is 2.69. The van der Waals surface area contributed by atoms with E-state index < -0.39 is 0 Å². The van der Waals surface area contributed by atoms with Crippen molar-refractivity contribution in [3.8, 4) is 0 Å². The summed E-state index contributed by atoms with van der Waals surface area (Å²) in [5.74, 6) is 1.15. The zero-order chi connectivity index (χ0) is 12.3. The van der Waals surface area contributed by atoms with E-state index in [1.54, 1.807) is 0 Å². The Hall–Kier alpha value is -1.06. The Balaban J connectivity index is 1.99. The molecule has 0 saturated carbocycles. The molecular formula is C13H18ClN3. The summed E-state index contributed by atoms with van der Waals surface area (Å²) in [6.45, 7) is 5.08. The molecule has 0 saturated heterocycles. The highest BCUT2D eigenvalue weighted by Crippen LogP contribution is 2.07. The number of imidazole rings is 1. The zero-order valence-electron chi connectivity index (χ0n) is 10.2. The molecule has 2 atom stereocenters. The van der Waals surface area contributed by atoms with E-state index in [1.807, 2.05) is 28.8 Å². The summed E-state index contributed by atoms with van der Waals surface area (Å²) in [4.78, 5) is 4.54. The number of hydrogen-bond acceptors (Lipinski definition) is 2. The average molecular weight is 252 g/mol. The molecule has 1 N–H and O–H groups in total. The molecule has 17 heavy (non-hydrogen) atoms. The topological polar surface area (TPSA) is 29.3 Å². The summed E-state index contributed by atoms with van der Waals surface area (Å²) in [7, 11) is 0. The van der Waals surface area contributed by atoms with Crippen molar-refractivity contribution in [2.45, 2.75) is 26.4 Å². The lowest BCUT2D eigenvalue weighted by molar-refractivity contribution is 0.428. The molecule has 0 aliphatic heterocycles. The van der Waals surface area contributed by atoms with Crippen LogP contribution in [0.15, 0.2) is 30.6 Å². The Bertz CT molecular complexity index is 447. The Labute approximate surface area is 107 Å². The number of rotatable bonds is 5. The molecule has 0 spiro atoms. The molecule has 2 aromatic rings. The molecule has 3 nitrogen and oxygen atoms in total. The fraction of sp³-hybridized carbons (Fsp3) is 0.462. The van der Waals surface area contributed by atoms with Crippen molar-refractivity contribution in [1.82, 2.24) is 14.7 Å². The van der Waals surface area contributed by atoms with Crippen LogP contribution in [-0.2, 0) is 6.54 Å². The van der Waals surface area contributed by atoms with Crippen LogP contribution >= 0.6 is 11.6 Å². The van der Waals surface area contributed by atoms with Gasteiger partial charge in [-0.15, -0.1) is 11.6 Å². The fourth-order valence-electron chi connectivity index (χ4n) is 1.67. The zero-order valence-corrected chi connectivity index (χ0v) is 11.0. The number of pyridine rings is 1. The molecule has 0 aromatic carbocycles. The third-order valence-corrected chi connectivity index (χ3v) is 3.60. The van der Waals surface area contributed by atoms with Crippen LogP contribution in [0.4, 0.5) is 0 Å². The number of nitrogens with one attached hydrogen (secondary N) is 1. The van der Waals surface area contributed by atoms with Gasteiger partial charge in [-0.3, -0.25) is 0 Å². The van der Waals surface area contributed by atoms with Gasteiger partial charge < -0.3 is 9.72 Å². The van der Waals surface area contributed by atoms with Crippen LogP contribution in [0.2, 0.25) is 0 Å². The summed E-state index contributed by atoms with van der Waals surface area (Å²) >= 11 is 5.83. The molecular weight excluding hydrogens is 234 g/mol. The average Bonchev–Trinajstić information content (AvgIpc) is 2.77. The Morgan fingerprint density at radius 2 is 2.24 bits per heavy atom. The number of fused-ring (bicyclic) bond motifs is 1. The smallest absolute Gasteiger partial charge is 0.137 e. The summed E-state index contributed by atoms with van der Waals surface area (Å²) in [6, 6.07) is 6.41. The summed E-state index contributed by atoms with van der Waals surface area (Å²) in [5, 5.41) is 3.45. The second-order valence-corrected chi connectivity index (χ2v) is 4.81. The highest BCUT2D eigenvalue weighted by Gasteiger charge is 2.10. The Kier molecular flexibility index (Phi) is 4.02. The maximum Gasteiger partial charge on any atom is 0.137 e. The van der Waals surface area contributed by atoms with E-state index >= 15 is 0 Å². The van der Waals surface area contributed by atoms with Crippen molar-refractivity contribution in [2.24, 2.45) is 5.92 Å². The molecule has 0 aliphatic rings. The van der Waals surface area contributed by atoms with Gasteiger partial charge >= 0.3 is 0 Å². The van der Waals surface area contributed by atoms with Crippen LogP contribution in [0.1, 0.15) is 19.5 Å². The van der Waals surface area contributed by atoms with Gasteiger partial charge in [-0.05, 0) is 25.0 Å². The van der Waals surface area contributed by atoms with E-state index in [2.05, 4.69) is 30.3 Å². The predicted molar refractivity (Wildman–Crippen MR) is 71.4 cm³/mol. The third kappa shape index (κ3) is 2.99. The van der Waals surface area contributed by atoms with E-state index in [0.29, 0.717) is 17.8 Å². The second kappa shape index (κ2) is 5.52. The van der Waals surface area contributed by atoms with Crippen molar-refractivity contribution in [1.29, 1.82) is 0 Å². The molecule has 2 unspecified atom stereocenters. The first-order valence-electron chi connectivity index (χ1n) is 5.92. The lowest BCUT2D eigenvalue weighted by Crippen LogP contribution is -2.32. The van der Waals surface area contributed by atoms with Crippen LogP contribution in [0, 0.1) is 5.92 Å². The maximum atomic E-state index is 5.83. The highest BCUT2D eigenvalue weighted by atomic mass is 35.5. The molecule has 0 fully saturated rings. The first kappa shape index (κ1) is 12.4.